The monoisotopic (exact) mass is 507 g/mol. The maximum atomic E-state index is 13.3. The Balaban J connectivity index is 2.06. The van der Waals surface area contributed by atoms with Crippen LogP contribution in [0.1, 0.15) is 21.9 Å². The number of likely N-dealkylation sites (tertiary alicyclic amines) is 1. The van der Waals surface area contributed by atoms with Crippen molar-refractivity contribution < 1.29 is 45.4 Å². The molecule has 34 heavy (non-hydrogen) atoms. The third kappa shape index (κ3) is 6.10. The largest absolute Gasteiger partial charge is 0.573 e. The standard InChI is InChI=1S/C20H15F6N3O4S/c1-3-16-27-15(9-34-16)18(31)29(12-6-17(30)28(8-12)10-19(21,22)23)11-4-13(32-2)7-14(5-11)33-20(24,25)26/h1,4-5,7,9,12H,6,8,10H2,2H3. The maximum Gasteiger partial charge on any atom is 0.573 e. The predicted octanol–water partition coefficient (Wildman–Crippen LogP) is 3.84. The molecular weight excluding hydrogens is 492 g/mol. The van der Waals surface area contributed by atoms with Crippen LogP contribution in [0.25, 0.3) is 0 Å². The number of ether oxygens (including phenoxy) is 2. The first-order chi connectivity index (χ1) is 15.8. The summed E-state index contributed by atoms with van der Waals surface area (Å²) in [5, 5.41) is 1.43. The van der Waals surface area contributed by atoms with Crippen LogP contribution in [-0.2, 0) is 4.79 Å². The number of alkyl halides is 6. The molecule has 2 amide bonds. The average molecular weight is 507 g/mol. The molecule has 1 aliphatic heterocycles. The third-order valence-corrected chi connectivity index (χ3v) is 5.38. The first-order valence-electron chi connectivity index (χ1n) is 9.34. The number of carbonyl (C=O) groups is 2. The smallest absolute Gasteiger partial charge is 0.497 e. The number of nitrogens with zero attached hydrogens (tertiary/aromatic N) is 3. The number of methoxy groups -OCH3 is 1. The van der Waals surface area contributed by atoms with Crippen LogP contribution >= 0.6 is 11.3 Å². The molecule has 2 heterocycles. The van der Waals surface area contributed by atoms with Gasteiger partial charge >= 0.3 is 12.5 Å². The van der Waals surface area contributed by atoms with Crippen LogP contribution in [0.15, 0.2) is 23.6 Å². The van der Waals surface area contributed by atoms with Crippen LogP contribution in [0, 0.1) is 12.3 Å². The summed E-state index contributed by atoms with van der Waals surface area (Å²) in [6.45, 7) is -2.05. The van der Waals surface area contributed by atoms with E-state index in [-0.39, 0.29) is 22.1 Å². The second-order valence-electron chi connectivity index (χ2n) is 7.02. The Hall–Kier alpha value is -3.47. The number of terminal acetylenes is 1. The van der Waals surface area contributed by atoms with Gasteiger partial charge < -0.3 is 19.3 Å². The van der Waals surface area contributed by atoms with Gasteiger partial charge in [-0.05, 0) is 5.92 Å². The lowest BCUT2D eigenvalue weighted by Gasteiger charge is -2.29. The third-order valence-electron chi connectivity index (χ3n) is 4.61. The molecule has 1 unspecified atom stereocenters. The molecule has 0 N–H and O–H groups in total. The summed E-state index contributed by atoms with van der Waals surface area (Å²) in [7, 11) is 1.16. The van der Waals surface area contributed by atoms with Crippen molar-refractivity contribution in [2.24, 2.45) is 0 Å². The molecule has 0 saturated carbocycles. The van der Waals surface area contributed by atoms with Crippen LogP contribution in [0.2, 0.25) is 0 Å². The number of carbonyl (C=O) groups excluding carboxylic acids is 2. The topological polar surface area (TPSA) is 72.0 Å². The Morgan fingerprint density at radius 3 is 2.50 bits per heavy atom. The van der Waals surface area contributed by atoms with E-state index in [0.717, 1.165) is 35.5 Å². The Morgan fingerprint density at radius 1 is 1.26 bits per heavy atom. The van der Waals surface area contributed by atoms with Gasteiger partial charge in [-0.25, -0.2) is 4.98 Å². The molecule has 0 aliphatic carbocycles. The summed E-state index contributed by atoms with van der Waals surface area (Å²) in [5.41, 5.74) is -0.397. The van der Waals surface area contributed by atoms with E-state index in [1.165, 1.54) is 11.4 Å². The fraction of sp³-hybridized carbons (Fsp3) is 0.350. The summed E-state index contributed by atoms with van der Waals surface area (Å²) in [6.07, 6.45) is -4.99. The van der Waals surface area contributed by atoms with Gasteiger partial charge in [0.05, 0.1) is 18.8 Å². The van der Waals surface area contributed by atoms with E-state index in [2.05, 4.69) is 15.6 Å². The first-order valence-corrected chi connectivity index (χ1v) is 10.2. The van der Waals surface area contributed by atoms with Crippen LogP contribution in [0.3, 0.4) is 0 Å². The number of thiazole rings is 1. The average Bonchev–Trinajstić information content (AvgIpc) is 3.32. The molecule has 7 nitrogen and oxygen atoms in total. The normalized spacial score (nSPS) is 16.4. The highest BCUT2D eigenvalue weighted by Crippen LogP contribution is 2.35. The lowest BCUT2D eigenvalue weighted by molar-refractivity contribution is -0.274. The second kappa shape index (κ2) is 9.41. The molecule has 2 aromatic rings. The zero-order valence-electron chi connectivity index (χ0n) is 17.2. The Kier molecular flexibility index (Phi) is 6.97. The number of anilines is 1. The van der Waals surface area contributed by atoms with Crippen molar-refractivity contribution in [1.82, 2.24) is 9.88 Å². The minimum atomic E-state index is -5.07. The van der Waals surface area contributed by atoms with E-state index < -0.39 is 55.7 Å². The zero-order valence-corrected chi connectivity index (χ0v) is 18.1. The number of hydrogen-bond acceptors (Lipinski definition) is 6. The fourth-order valence-corrected chi connectivity index (χ4v) is 3.95. The lowest BCUT2D eigenvalue weighted by atomic mass is 10.1. The van der Waals surface area contributed by atoms with Crippen LogP contribution in [0.4, 0.5) is 32.0 Å². The summed E-state index contributed by atoms with van der Waals surface area (Å²) >= 11 is 0.942. The van der Waals surface area contributed by atoms with Gasteiger partial charge in [0.25, 0.3) is 5.91 Å². The molecule has 1 aliphatic rings. The van der Waals surface area contributed by atoms with E-state index >= 15 is 0 Å². The van der Waals surface area contributed by atoms with Crippen LogP contribution in [-0.4, -0.2) is 60.5 Å². The highest BCUT2D eigenvalue weighted by atomic mass is 32.1. The number of rotatable bonds is 6. The molecule has 0 radical (unpaired) electrons. The molecular formula is C20H15F6N3O4S. The molecule has 1 aromatic heterocycles. The van der Waals surface area contributed by atoms with Crippen LogP contribution < -0.4 is 14.4 Å². The number of amides is 2. The van der Waals surface area contributed by atoms with Gasteiger partial charge in [-0.2, -0.15) is 13.2 Å². The highest BCUT2D eigenvalue weighted by molar-refractivity contribution is 7.10. The van der Waals surface area contributed by atoms with Crippen molar-refractivity contribution in [3.05, 3.63) is 34.3 Å². The van der Waals surface area contributed by atoms with Gasteiger partial charge in [-0.1, -0.05) is 0 Å². The maximum absolute atomic E-state index is 13.3. The second-order valence-corrected chi connectivity index (χ2v) is 7.88. The van der Waals surface area contributed by atoms with Gasteiger partial charge in [0.2, 0.25) is 5.91 Å². The van der Waals surface area contributed by atoms with Crippen LogP contribution in [0.5, 0.6) is 11.5 Å². The number of halogens is 6. The van der Waals surface area contributed by atoms with Crippen molar-refractivity contribution in [3.8, 4) is 23.8 Å². The summed E-state index contributed by atoms with van der Waals surface area (Å²) in [6, 6.07) is 1.81. The first kappa shape index (κ1) is 25.2. The van der Waals surface area contributed by atoms with Gasteiger partial charge in [-0.3, -0.25) is 9.59 Å². The van der Waals surface area contributed by atoms with E-state index in [1.807, 2.05) is 0 Å². The van der Waals surface area contributed by atoms with Gasteiger partial charge in [0.15, 0.2) is 5.01 Å². The molecule has 0 spiro atoms. The van der Waals surface area contributed by atoms with Crippen molar-refractivity contribution >= 4 is 28.8 Å². The van der Waals surface area contributed by atoms with Gasteiger partial charge in [0, 0.05) is 36.5 Å². The van der Waals surface area contributed by atoms with E-state index in [4.69, 9.17) is 11.2 Å². The molecule has 0 bridgehead atoms. The summed E-state index contributed by atoms with van der Waals surface area (Å²) < 4.78 is 85.9. The summed E-state index contributed by atoms with van der Waals surface area (Å²) in [4.78, 5) is 30.9. The Labute approximate surface area is 192 Å². The minimum Gasteiger partial charge on any atom is -0.497 e. The van der Waals surface area contributed by atoms with E-state index in [1.54, 1.807) is 0 Å². The minimum absolute atomic E-state index is 0.131. The number of hydrogen-bond donors (Lipinski definition) is 0. The molecule has 182 valence electrons. The lowest BCUT2D eigenvalue weighted by Crippen LogP contribution is -2.43. The SMILES string of the molecule is C#Cc1nc(C(=O)N(c2cc(OC)cc(OC(F)(F)F)c2)C2CC(=O)N(CC(F)(F)F)C2)cs1. The van der Waals surface area contributed by atoms with Gasteiger partial charge in [-0.15, -0.1) is 30.9 Å². The van der Waals surface area contributed by atoms with E-state index in [9.17, 15) is 35.9 Å². The molecule has 3 rings (SSSR count). The molecule has 14 heteroatoms. The Morgan fingerprint density at radius 2 is 1.94 bits per heavy atom. The quantitative estimate of drug-likeness (QED) is 0.439. The molecule has 1 saturated heterocycles. The number of aromatic nitrogens is 1. The Bertz CT molecular complexity index is 1120. The number of benzene rings is 1. The zero-order chi connectivity index (χ0) is 25.3. The van der Waals surface area contributed by atoms with Crippen molar-refractivity contribution in [1.29, 1.82) is 0 Å². The molecule has 1 atom stereocenters. The fourth-order valence-electron chi connectivity index (χ4n) is 3.36. The van der Waals surface area contributed by atoms with E-state index in [0.29, 0.717) is 4.90 Å². The summed E-state index contributed by atoms with van der Waals surface area (Å²) in [5.74, 6) is -0.397. The van der Waals surface area contributed by atoms with Crippen molar-refractivity contribution in [3.63, 3.8) is 0 Å². The van der Waals surface area contributed by atoms with Crippen molar-refractivity contribution in [2.45, 2.75) is 25.0 Å². The predicted molar refractivity (Wildman–Crippen MR) is 108 cm³/mol. The van der Waals surface area contributed by atoms with Crippen molar-refractivity contribution in [2.75, 3.05) is 25.1 Å². The highest BCUT2D eigenvalue weighted by Gasteiger charge is 2.42. The molecule has 1 fully saturated rings. The van der Waals surface area contributed by atoms with Gasteiger partial charge in [0.1, 0.15) is 23.7 Å². The molecule has 1 aromatic carbocycles.